The molecule has 0 aliphatic rings. The van der Waals surface area contributed by atoms with Gasteiger partial charge in [-0.15, -0.1) is 11.3 Å². The molecule has 80 valence electrons. The summed E-state index contributed by atoms with van der Waals surface area (Å²) >= 11 is 1.81. The number of nitrogens with two attached hydrogens (primary N) is 1. The van der Waals surface area contributed by atoms with Crippen molar-refractivity contribution in [2.45, 2.75) is 32.7 Å². The highest BCUT2D eigenvalue weighted by atomic mass is 32.1. The molecule has 0 aromatic carbocycles. The number of rotatable bonds is 5. The minimum Gasteiger partial charge on any atom is -0.366 e. The average molecular weight is 212 g/mol. The molecule has 1 rings (SSSR count). The Bertz CT molecular complexity index is 268. The maximum Gasteiger partial charge on any atom is 0.0935 e. The Morgan fingerprint density at radius 3 is 2.79 bits per heavy atom. The van der Waals surface area contributed by atoms with E-state index in [2.05, 4.69) is 37.2 Å². The predicted octanol–water partition coefficient (Wildman–Crippen LogP) is 2.62. The average Bonchev–Trinajstić information content (AvgIpc) is 2.50. The van der Waals surface area contributed by atoms with Crippen molar-refractivity contribution < 1.29 is 0 Å². The van der Waals surface area contributed by atoms with Gasteiger partial charge in [0.05, 0.1) is 5.00 Å². The number of hydrogen-bond acceptors (Lipinski definition) is 3. The summed E-state index contributed by atoms with van der Waals surface area (Å²) in [6, 6.07) is 2.50. The van der Waals surface area contributed by atoms with E-state index in [0.29, 0.717) is 6.04 Å². The molecule has 1 aromatic rings. The van der Waals surface area contributed by atoms with E-state index in [4.69, 9.17) is 5.73 Å². The molecule has 0 amide bonds. The number of aryl methyl sites for hydroxylation is 1. The van der Waals surface area contributed by atoms with Crippen molar-refractivity contribution in [2.75, 3.05) is 18.5 Å². The Balaban J connectivity index is 2.36. The van der Waals surface area contributed by atoms with Gasteiger partial charge in [-0.2, -0.15) is 0 Å². The molecule has 0 fully saturated rings. The molecule has 0 bridgehead atoms. The molecule has 1 heterocycles. The van der Waals surface area contributed by atoms with Crippen LogP contribution in [0.3, 0.4) is 0 Å². The van der Waals surface area contributed by atoms with Crippen molar-refractivity contribution in [2.24, 2.45) is 5.73 Å². The Morgan fingerprint density at radius 2 is 2.29 bits per heavy atom. The maximum absolute atomic E-state index is 5.71. The summed E-state index contributed by atoms with van der Waals surface area (Å²) in [4.78, 5) is 2.32. The molecule has 0 aliphatic carbocycles. The number of anilines is 1. The van der Waals surface area contributed by atoms with Crippen LogP contribution < -0.4 is 10.6 Å². The molecule has 2 nitrogen and oxygen atoms in total. The lowest BCUT2D eigenvalue weighted by atomic mass is 10.2. The lowest BCUT2D eigenvalue weighted by Crippen LogP contribution is -2.21. The third-order valence-electron chi connectivity index (χ3n) is 2.33. The van der Waals surface area contributed by atoms with Gasteiger partial charge >= 0.3 is 0 Å². The van der Waals surface area contributed by atoms with E-state index >= 15 is 0 Å². The van der Waals surface area contributed by atoms with Gasteiger partial charge in [0, 0.05) is 19.6 Å². The summed E-state index contributed by atoms with van der Waals surface area (Å²) in [6.45, 7) is 5.33. The smallest absolute Gasteiger partial charge is 0.0935 e. The molecular formula is C11H20N2S. The lowest BCUT2D eigenvalue weighted by molar-refractivity contribution is 0.622. The lowest BCUT2D eigenvalue weighted by Gasteiger charge is -2.18. The van der Waals surface area contributed by atoms with E-state index in [1.807, 2.05) is 11.3 Å². The molecule has 2 N–H and O–H groups in total. The van der Waals surface area contributed by atoms with Gasteiger partial charge in [0.1, 0.15) is 0 Å². The summed E-state index contributed by atoms with van der Waals surface area (Å²) in [6.07, 6.45) is 2.28. The number of nitrogens with zero attached hydrogens (tertiary/aromatic N) is 1. The van der Waals surface area contributed by atoms with Crippen LogP contribution >= 0.6 is 11.3 Å². The van der Waals surface area contributed by atoms with Crippen molar-refractivity contribution >= 4 is 16.3 Å². The van der Waals surface area contributed by atoms with Gasteiger partial charge < -0.3 is 10.6 Å². The zero-order valence-electron chi connectivity index (χ0n) is 9.29. The summed E-state index contributed by atoms with van der Waals surface area (Å²) in [5, 5.41) is 3.53. The van der Waals surface area contributed by atoms with Gasteiger partial charge in [-0.05, 0) is 43.7 Å². The summed E-state index contributed by atoms with van der Waals surface area (Å²) < 4.78 is 0. The first-order chi connectivity index (χ1) is 6.61. The van der Waals surface area contributed by atoms with Crippen LogP contribution in [0.5, 0.6) is 0 Å². The molecule has 0 saturated heterocycles. The normalized spacial score (nSPS) is 12.9. The fourth-order valence-electron chi connectivity index (χ4n) is 1.51. The molecule has 1 unspecified atom stereocenters. The minimum absolute atomic E-state index is 0.327. The number of thiophene rings is 1. The van der Waals surface area contributed by atoms with E-state index in [-0.39, 0.29) is 0 Å². The van der Waals surface area contributed by atoms with Crippen LogP contribution in [0, 0.1) is 6.92 Å². The zero-order valence-corrected chi connectivity index (χ0v) is 10.1. The van der Waals surface area contributed by atoms with Crippen LogP contribution in [0.15, 0.2) is 11.4 Å². The quantitative estimate of drug-likeness (QED) is 0.813. The van der Waals surface area contributed by atoms with Gasteiger partial charge in [0.15, 0.2) is 0 Å². The van der Waals surface area contributed by atoms with E-state index in [1.54, 1.807) is 0 Å². The van der Waals surface area contributed by atoms with Gasteiger partial charge in [-0.3, -0.25) is 0 Å². The Morgan fingerprint density at radius 1 is 1.57 bits per heavy atom. The minimum atomic E-state index is 0.327. The van der Waals surface area contributed by atoms with Crippen molar-refractivity contribution in [3.63, 3.8) is 0 Å². The molecule has 0 spiro atoms. The monoisotopic (exact) mass is 212 g/mol. The van der Waals surface area contributed by atoms with Crippen molar-refractivity contribution in [3.05, 3.63) is 17.0 Å². The van der Waals surface area contributed by atoms with Gasteiger partial charge in [0.25, 0.3) is 0 Å². The van der Waals surface area contributed by atoms with Crippen molar-refractivity contribution in [1.82, 2.24) is 0 Å². The fraction of sp³-hybridized carbons (Fsp3) is 0.636. The SMILES string of the molecule is Cc1ccsc1N(C)CCCC(C)N. The van der Waals surface area contributed by atoms with Crippen LogP contribution in [-0.2, 0) is 0 Å². The number of hydrogen-bond donors (Lipinski definition) is 1. The molecule has 1 aromatic heterocycles. The standard InChI is InChI=1S/C11H20N2S/c1-9-6-8-14-11(9)13(3)7-4-5-10(2)12/h6,8,10H,4-5,7,12H2,1-3H3. The van der Waals surface area contributed by atoms with E-state index in [0.717, 1.165) is 13.0 Å². The van der Waals surface area contributed by atoms with Crippen LogP contribution in [-0.4, -0.2) is 19.6 Å². The first kappa shape index (κ1) is 11.5. The second-order valence-corrected chi connectivity index (χ2v) is 4.84. The highest BCUT2D eigenvalue weighted by molar-refractivity contribution is 7.14. The zero-order chi connectivity index (χ0) is 10.6. The topological polar surface area (TPSA) is 29.3 Å². The van der Waals surface area contributed by atoms with Crippen molar-refractivity contribution in [1.29, 1.82) is 0 Å². The first-order valence-electron chi connectivity index (χ1n) is 5.12. The van der Waals surface area contributed by atoms with Crippen LogP contribution in [0.25, 0.3) is 0 Å². The fourth-order valence-corrected chi connectivity index (χ4v) is 2.43. The molecule has 3 heteroatoms. The Hall–Kier alpha value is -0.540. The van der Waals surface area contributed by atoms with Crippen LogP contribution in [0.2, 0.25) is 0 Å². The molecule has 0 radical (unpaired) electrons. The Kier molecular flexibility index (Phi) is 4.42. The highest BCUT2D eigenvalue weighted by Crippen LogP contribution is 2.25. The van der Waals surface area contributed by atoms with Gasteiger partial charge in [-0.25, -0.2) is 0 Å². The van der Waals surface area contributed by atoms with Crippen LogP contribution in [0.4, 0.5) is 5.00 Å². The van der Waals surface area contributed by atoms with Crippen molar-refractivity contribution in [3.8, 4) is 0 Å². The maximum atomic E-state index is 5.71. The molecular weight excluding hydrogens is 192 g/mol. The third kappa shape index (κ3) is 3.31. The molecule has 0 aliphatic heterocycles. The highest BCUT2D eigenvalue weighted by Gasteiger charge is 2.05. The van der Waals surface area contributed by atoms with Gasteiger partial charge in [-0.1, -0.05) is 0 Å². The van der Waals surface area contributed by atoms with E-state index in [1.165, 1.54) is 17.0 Å². The van der Waals surface area contributed by atoms with E-state index < -0.39 is 0 Å². The van der Waals surface area contributed by atoms with E-state index in [9.17, 15) is 0 Å². The second kappa shape index (κ2) is 5.37. The molecule has 1 atom stereocenters. The molecule has 0 saturated carbocycles. The van der Waals surface area contributed by atoms with Gasteiger partial charge in [0.2, 0.25) is 0 Å². The Labute approximate surface area is 90.7 Å². The first-order valence-corrected chi connectivity index (χ1v) is 6.00. The largest absolute Gasteiger partial charge is 0.366 e. The third-order valence-corrected chi connectivity index (χ3v) is 3.46. The molecule has 14 heavy (non-hydrogen) atoms. The van der Waals surface area contributed by atoms with Crippen LogP contribution in [0.1, 0.15) is 25.3 Å². The second-order valence-electron chi connectivity index (χ2n) is 3.95. The summed E-state index contributed by atoms with van der Waals surface area (Å²) in [7, 11) is 2.15. The predicted molar refractivity (Wildman–Crippen MR) is 65.2 cm³/mol. The summed E-state index contributed by atoms with van der Waals surface area (Å²) in [5.74, 6) is 0. The summed E-state index contributed by atoms with van der Waals surface area (Å²) in [5.41, 5.74) is 7.08.